The van der Waals surface area contributed by atoms with Crippen molar-refractivity contribution in [2.75, 3.05) is 18.0 Å². The van der Waals surface area contributed by atoms with Crippen LogP contribution in [0.4, 0.5) is 11.4 Å². The summed E-state index contributed by atoms with van der Waals surface area (Å²) in [6.07, 6.45) is 0.266. The van der Waals surface area contributed by atoms with Crippen LogP contribution in [0.5, 0.6) is 0 Å². The van der Waals surface area contributed by atoms with Gasteiger partial charge in [0, 0.05) is 24.7 Å². The third kappa shape index (κ3) is 3.42. The number of hydrogen-bond donors (Lipinski definition) is 1. The van der Waals surface area contributed by atoms with Gasteiger partial charge in [0.15, 0.2) is 0 Å². The van der Waals surface area contributed by atoms with E-state index in [-0.39, 0.29) is 17.7 Å². The van der Waals surface area contributed by atoms with Crippen molar-refractivity contribution in [3.63, 3.8) is 0 Å². The quantitative estimate of drug-likeness (QED) is 0.615. The third-order valence-electron chi connectivity index (χ3n) is 2.67. The first kappa shape index (κ1) is 14.4. The van der Waals surface area contributed by atoms with Crippen molar-refractivity contribution >= 4 is 17.3 Å². The fourth-order valence-corrected chi connectivity index (χ4v) is 1.72. The van der Waals surface area contributed by atoms with Crippen LogP contribution < -0.4 is 10.6 Å². The van der Waals surface area contributed by atoms with Crippen LogP contribution in [-0.2, 0) is 0 Å². The maximum absolute atomic E-state index is 11.1. The lowest BCUT2D eigenvalue weighted by Crippen LogP contribution is -2.25. The van der Waals surface area contributed by atoms with Crippen LogP contribution in [0.3, 0.4) is 0 Å². The molecule has 7 heteroatoms. The molecule has 0 radical (unpaired) electrons. The van der Waals surface area contributed by atoms with Gasteiger partial charge in [0.25, 0.3) is 5.69 Å². The number of primary amides is 1. The first-order valence-corrected chi connectivity index (χ1v) is 5.71. The Kier molecular flexibility index (Phi) is 4.83. The van der Waals surface area contributed by atoms with Crippen molar-refractivity contribution < 1.29 is 9.72 Å². The van der Waals surface area contributed by atoms with Gasteiger partial charge in [-0.25, -0.2) is 0 Å². The normalized spacial score (nSPS) is 9.68. The van der Waals surface area contributed by atoms with Crippen LogP contribution in [0.1, 0.15) is 23.7 Å². The predicted octanol–water partition coefficient (Wildman–Crippen LogP) is 1.43. The van der Waals surface area contributed by atoms with Gasteiger partial charge in [-0.3, -0.25) is 14.9 Å². The predicted molar refractivity (Wildman–Crippen MR) is 69.7 cm³/mol. The van der Waals surface area contributed by atoms with Gasteiger partial charge >= 0.3 is 0 Å². The Labute approximate surface area is 110 Å². The average molecular weight is 262 g/mol. The summed E-state index contributed by atoms with van der Waals surface area (Å²) >= 11 is 0. The molecule has 0 bridgehead atoms. The molecule has 1 aromatic carbocycles. The first-order chi connectivity index (χ1) is 9.01. The summed E-state index contributed by atoms with van der Waals surface area (Å²) in [7, 11) is 0. The van der Waals surface area contributed by atoms with E-state index in [9.17, 15) is 14.9 Å². The molecule has 0 aliphatic heterocycles. The molecule has 0 saturated carbocycles. The highest BCUT2D eigenvalue weighted by molar-refractivity contribution is 5.94. The summed E-state index contributed by atoms with van der Waals surface area (Å²) in [5.41, 5.74) is 5.39. The van der Waals surface area contributed by atoms with Crippen molar-refractivity contribution in [2.45, 2.75) is 13.3 Å². The molecular weight excluding hydrogens is 248 g/mol. The highest BCUT2D eigenvalue weighted by atomic mass is 16.6. The second kappa shape index (κ2) is 6.35. The van der Waals surface area contributed by atoms with E-state index in [0.29, 0.717) is 18.8 Å². The Morgan fingerprint density at radius 3 is 2.74 bits per heavy atom. The van der Waals surface area contributed by atoms with Crippen molar-refractivity contribution in [1.29, 1.82) is 5.26 Å². The van der Waals surface area contributed by atoms with Crippen molar-refractivity contribution in [3.8, 4) is 6.07 Å². The number of nitrogens with two attached hydrogens (primary N) is 1. The van der Waals surface area contributed by atoms with Gasteiger partial charge in [-0.2, -0.15) is 5.26 Å². The fourth-order valence-electron chi connectivity index (χ4n) is 1.72. The summed E-state index contributed by atoms with van der Waals surface area (Å²) in [5, 5.41) is 19.6. The molecule has 0 heterocycles. The molecule has 0 fully saturated rings. The summed E-state index contributed by atoms with van der Waals surface area (Å²) in [6.45, 7) is 2.76. The molecule has 0 atom stereocenters. The number of benzene rings is 1. The van der Waals surface area contributed by atoms with E-state index in [0.717, 1.165) is 6.07 Å². The number of nitro benzene ring substituents is 1. The Bertz CT molecular complexity index is 536. The minimum absolute atomic E-state index is 0.0896. The molecule has 0 aromatic heterocycles. The fraction of sp³-hybridized carbons (Fsp3) is 0.333. The zero-order chi connectivity index (χ0) is 14.4. The van der Waals surface area contributed by atoms with Gasteiger partial charge in [0.2, 0.25) is 5.91 Å². The number of nitriles is 1. The van der Waals surface area contributed by atoms with Crippen LogP contribution in [0.25, 0.3) is 0 Å². The third-order valence-corrected chi connectivity index (χ3v) is 2.67. The summed E-state index contributed by atoms with van der Waals surface area (Å²) in [6, 6.07) is 6.08. The van der Waals surface area contributed by atoms with Gasteiger partial charge < -0.3 is 10.6 Å². The zero-order valence-electron chi connectivity index (χ0n) is 10.5. The molecule has 100 valence electrons. The molecule has 19 heavy (non-hydrogen) atoms. The monoisotopic (exact) mass is 262 g/mol. The van der Waals surface area contributed by atoms with E-state index in [4.69, 9.17) is 11.0 Å². The molecular formula is C12H14N4O3. The second-order valence-electron chi connectivity index (χ2n) is 3.81. The second-order valence-corrected chi connectivity index (χ2v) is 3.81. The van der Waals surface area contributed by atoms with Gasteiger partial charge in [-0.15, -0.1) is 0 Å². The van der Waals surface area contributed by atoms with Crippen molar-refractivity contribution in [1.82, 2.24) is 0 Å². The standard InChI is InChI=1S/C12H14N4O3/c1-2-15(7-3-6-13)10-5-4-9(12(14)17)8-11(10)16(18)19/h4-5,8H,2-3,7H2,1H3,(H2,14,17). The summed E-state index contributed by atoms with van der Waals surface area (Å²) in [4.78, 5) is 23.2. The molecule has 1 aromatic rings. The minimum Gasteiger partial charge on any atom is -0.366 e. The van der Waals surface area contributed by atoms with Crippen molar-refractivity contribution in [3.05, 3.63) is 33.9 Å². The Morgan fingerprint density at radius 2 is 2.26 bits per heavy atom. The molecule has 0 spiro atoms. The maximum Gasteiger partial charge on any atom is 0.293 e. The Morgan fingerprint density at radius 1 is 1.58 bits per heavy atom. The number of amides is 1. The molecule has 1 amide bonds. The SMILES string of the molecule is CCN(CCC#N)c1ccc(C(N)=O)cc1[N+](=O)[O-]. The highest BCUT2D eigenvalue weighted by Crippen LogP contribution is 2.29. The van der Waals surface area contributed by atoms with E-state index in [2.05, 4.69) is 0 Å². The van der Waals surface area contributed by atoms with Crippen LogP contribution in [-0.4, -0.2) is 23.9 Å². The number of rotatable bonds is 6. The first-order valence-electron chi connectivity index (χ1n) is 5.71. The van der Waals surface area contributed by atoms with Gasteiger partial charge in [-0.05, 0) is 19.1 Å². The molecule has 0 unspecified atom stereocenters. The topological polar surface area (TPSA) is 113 Å². The lowest BCUT2D eigenvalue weighted by molar-refractivity contribution is -0.384. The Balaban J connectivity index is 3.22. The largest absolute Gasteiger partial charge is 0.366 e. The summed E-state index contributed by atoms with van der Waals surface area (Å²) < 4.78 is 0. The number of hydrogen-bond acceptors (Lipinski definition) is 5. The van der Waals surface area contributed by atoms with Gasteiger partial charge in [-0.1, -0.05) is 0 Å². The lowest BCUT2D eigenvalue weighted by atomic mass is 10.1. The number of anilines is 1. The average Bonchev–Trinajstić information content (AvgIpc) is 2.39. The minimum atomic E-state index is -0.713. The number of carbonyl (C=O) groups is 1. The van der Waals surface area contributed by atoms with Crippen LogP contribution in [0.2, 0.25) is 0 Å². The molecule has 0 aliphatic carbocycles. The van der Waals surface area contributed by atoms with E-state index in [1.165, 1.54) is 12.1 Å². The van der Waals surface area contributed by atoms with E-state index in [1.807, 2.05) is 13.0 Å². The number of nitro groups is 1. The molecule has 2 N–H and O–H groups in total. The molecule has 7 nitrogen and oxygen atoms in total. The number of carbonyl (C=O) groups excluding carboxylic acids is 1. The molecule has 1 rings (SSSR count). The smallest absolute Gasteiger partial charge is 0.293 e. The van der Waals surface area contributed by atoms with Gasteiger partial charge in [0.05, 0.1) is 17.4 Å². The zero-order valence-corrected chi connectivity index (χ0v) is 10.5. The van der Waals surface area contributed by atoms with E-state index >= 15 is 0 Å². The molecule has 0 aliphatic rings. The van der Waals surface area contributed by atoms with Crippen molar-refractivity contribution in [2.24, 2.45) is 5.73 Å². The molecule has 0 saturated heterocycles. The maximum atomic E-state index is 11.1. The van der Waals surface area contributed by atoms with E-state index in [1.54, 1.807) is 4.90 Å². The Hall–Kier alpha value is -2.62. The lowest BCUT2D eigenvalue weighted by Gasteiger charge is -2.21. The van der Waals surface area contributed by atoms with Gasteiger partial charge in [0.1, 0.15) is 5.69 Å². The summed E-state index contributed by atoms with van der Waals surface area (Å²) in [5.74, 6) is -0.713. The van der Waals surface area contributed by atoms with Crippen LogP contribution >= 0.6 is 0 Å². The number of nitrogens with zero attached hydrogens (tertiary/aromatic N) is 3. The van der Waals surface area contributed by atoms with E-state index < -0.39 is 10.8 Å². The van der Waals surface area contributed by atoms with Crippen LogP contribution in [0, 0.1) is 21.4 Å². The van der Waals surface area contributed by atoms with Crippen LogP contribution in [0.15, 0.2) is 18.2 Å². The highest BCUT2D eigenvalue weighted by Gasteiger charge is 2.20.